The monoisotopic (exact) mass is 244 g/mol. The molecule has 6 heteroatoms. The summed E-state index contributed by atoms with van der Waals surface area (Å²) < 4.78 is 25.6. The van der Waals surface area contributed by atoms with Gasteiger partial charge in [-0.15, -0.1) is 0 Å². The van der Waals surface area contributed by atoms with Crippen LogP contribution in [0.1, 0.15) is 0 Å². The molecule has 0 aliphatic rings. The lowest BCUT2D eigenvalue weighted by Crippen LogP contribution is -2.33. The second kappa shape index (κ2) is 5.83. The van der Waals surface area contributed by atoms with Crippen LogP contribution in [0.2, 0.25) is 0 Å². The van der Waals surface area contributed by atoms with E-state index in [0.29, 0.717) is 5.69 Å². The van der Waals surface area contributed by atoms with Crippen LogP contribution in [0, 0.1) is 0 Å². The smallest absolute Gasteiger partial charge is 0.235 e. The van der Waals surface area contributed by atoms with Gasteiger partial charge in [-0.25, -0.2) is 8.42 Å². The summed E-state index contributed by atoms with van der Waals surface area (Å²) >= 11 is 0. The number of nitrogens with one attached hydrogen (secondary N) is 2. The first-order valence-electron chi connectivity index (χ1n) is 4.92. The van der Waals surface area contributed by atoms with E-state index < -0.39 is 16.1 Å². The van der Waals surface area contributed by atoms with Crippen LogP contribution >= 0.6 is 0 Å². The average molecular weight is 244 g/mol. The molecular weight excluding hydrogens is 228 g/mol. The quantitative estimate of drug-likeness (QED) is 0.658. The summed E-state index contributed by atoms with van der Waals surface area (Å²) in [6, 6.07) is 8.58. The molecule has 0 saturated carbocycles. The van der Waals surface area contributed by atoms with E-state index in [1.165, 1.54) is 0 Å². The van der Waals surface area contributed by atoms with Crippen LogP contribution < -0.4 is 10.0 Å². The molecule has 0 amide bonds. The van der Waals surface area contributed by atoms with E-state index in [2.05, 4.69) is 10.0 Å². The lowest BCUT2D eigenvalue weighted by molar-refractivity contribution is 0.197. The molecule has 0 spiro atoms. The molecule has 1 rings (SSSR count). The van der Waals surface area contributed by atoms with Gasteiger partial charge >= 0.3 is 0 Å². The largest absolute Gasteiger partial charge is 0.391 e. The summed E-state index contributed by atoms with van der Waals surface area (Å²) in [7, 11) is -1.84. The molecule has 1 unspecified atom stereocenters. The minimum Gasteiger partial charge on any atom is -0.391 e. The van der Waals surface area contributed by atoms with E-state index in [0.717, 1.165) is 0 Å². The van der Waals surface area contributed by atoms with E-state index in [1.54, 1.807) is 37.4 Å². The highest BCUT2D eigenvalue weighted by molar-refractivity contribution is 7.92. The Morgan fingerprint density at radius 1 is 1.31 bits per heavy atom. The van der Waals surface area contributed by atoms with Crippen molar-refractivity contribution in [3.8, 4) is 0 Å². The highest BCUT2D eigenvalue weighted by atomic mass is 32.2. The number of anilines is 1. The van der Waals surface area contributed by atoms with Crippen molar-refractivity contribution in [1.29, 1.82) is 0 Å². The minimum absolute atomic E-state index is 0.246. The van der Waals surface area contributed by atoms with Gasteiger partial charge in [-0.1, -0.05) is 18.2 Å². The fourth-order valence-electron chi connectivity index (χ4n) is 1.28. The van der Waals surface area contributed by atoms with Crippen LogP contribution in [0.15, 0.2) is 30.3 Å². The van der Waals surface area contributed by atoms with E-state index in [9.17, 15) is 13.5 Å². The lowest BCUT2D eigenvalue weighted by Gasteiger charge is -2.12. The first-order chi connectivity index (χ1) is 7.53. The molecule has 0 radical (unpaired) electrons. The molecule has 0 aliphatic heterocycles. The second-order valence-corrected chi connectivity index (χ2v) is 5.23. The summed E-state index contributed by atoms with van der Waals surface area (Å²) in [5.74, 6) is -0.317. The van der Waals surface area contributed by atoms with Gasteiger partial charge in [0.25, 0.3) is 0 Å². The van der Waals surface area contributed by atoms with Gasteiger partial charge in [0.1, 0.15) is 0 Å². The predicted octanol–water partition coefficient (Wildman–Crippen LogP) is 0.00860. The molecule has 0 bridgehead atoms. The number of likely N-dealkylation sites (N-methyl/N-ethyl adjacent to an activating group) is 1. The molecule has 16 heavy (non-hydrogen) atoms. The Labute approximate surface area is 95.5 Å². The number of sulfonamides is 1. The number of hydrogen-bond donors (Lipinski definition) is 3. The van der Waals surface area contributed by atoms with Gasteiger partial charge < -0.3 is 10.4 Å². The zero-order valence-corrected chi connectivity index (χ0v) is 9.87. The SMILES string of the molecule is CNCC(O)CS(=O)(=O)Nc1ccccc1. The fourth-order valence-corrected chi connectivity index (χ4v) is 2.48. The zero-order valence-electron chi connectivity index (χ0n) is 9.05. The van der Waals surface area contributed by atoms with Crippen LogP contribution in [0.5, 0.6) is 0 Å². The standard InChI is InChI=1S/C10H16N2O3S/c1-11-7-10(13)8-16(14,15)12-9-5-3-2-4-6-9/h2-6,10-13H,7-8H2,1H3. The first-order valence-corrected chi connectivity index (χ1v) is 6.57. The van der Waals surface area contributed by atoms with E-state index in [4.69, 9.17) is 0 Å². The summed E-state index contributed by atoms with van der Waals surface area (Å²) in [5.41, 5.74) is 0.499. The van der Waals surface area contributed by atoms with Gasteiger partial charge in [-0.3, -0.25) is 4.72 Å². The fraction of sp³-hybridized carbons (Fsp3) is 0.400. The molecule has 0 heterocycles. The average Bonchev–Trinajstić information content (AvgIpc) is 2.17. The Kier molecular flexibility index (Phi) is 4.72. The Bertz CT molecular complexity index is 405. The number of hydrogen-bond acceptors (Lipinski definition) is 4. The second-order valence-electron chi connectivity index (χ2n) is 3.46. The molecule has 0 aliphatic carbocycles. The van der Waals surface area contributed by atoms with Crippen molar-refractivity contribution in [3.63, 3.8) is 0 Å². The molecule has 0 fully saturated rings. The van der Waals surface area contributed by atoms with Crippen LogP contribution in [0.4, 0.5) is 5.69 Å². The van der Waals surface area contributed by atoms with Gasteiger partial charge in [0.05, 0.1) is 11.9 Å². The molecule has 3 N–H and O–H groups in total. The maximum absolute atomic E-state index is 11.6. The van der Waals surface area contributed by atoms with Crippen molar-refractivity contribution in [1.82, 2.24) is 5.32 Å². The van der Waals surface area contributed by atoms with Crippen LogP contribution in [-0.2, 0) is 10.0 Å². The Morgan fingerprint density at radius 3 is 2.50 bits per heavy atom. The topological polar surface area (TPSA) is 78.4 Å². The zero-order chi connectivity index (χ0) is 12.0. The van der Waals surface area contributed by atoms with E-state index in [-0.39, 0.29) is 12.3 Å². The van der Waals surface area contributed by atoms with Crippen molar-refractivity contribution in [2.45, 2.75) is 6.10 Å². The third-order valence-electron chi connectivity index (χ3n) is 1.90. The number of rotatable bonds is 6. The predicted molar refractivity (Wildman–Crippen MR) is 63.8 cm³/mol. The summed E-state index contributed by atoms with van der Waals surface area (Å²) in [6.45, 7) is 0.246. The van der Waals surface area contributed by atoms with Crippen LogP contribution in [0.3, 0.4) is 0 Å². The van der Waals surface area contributed by atoms with Crippen molar-refractivity contribution >= 4 is 15.7 Å². The molecule has 5 nitrogen and oxygen atoms in total. The maximum Gasteiger partial charge on any atom is 0.235 e. The summed E-state index contributed by atoms with van der Waals surface area (Å²) in [5, 5.41) is 12.1. The number of benzene rings is 1. The molecule has 1 aromatic carbocycles. The van der Waals surface area contributed by atoms with Gasteiger partial charge in [0.2, 0.25) is 10.0 Å². The number of aliphatic hydroxyl groups excluding tert-OH is 1. The first kappa shape index (κ1) is 13.0. The molecule has 90 valence electrons. The highest BCUT2D eigenvalue weighted by Gasteiger charge is 2.16. The molecule has 1 atom stereocenters. The van der Waals surface area contributed by atoms with Gasteiger partial charge in [-0.2, -0.15) is 0 Å². The van der Waals surface area contributed by atoms with E-state index in [1.807, 2.05) is 0 Å². The van der Waals surface area contributed by atoms with Crippen LogP contribution in [-0.4, -0.2) is 39.0 Å². The molecule has 0 aromatic heterocycles. The normalized spacial score (nSPS) is 13.4. The van der Waals surface area contributed by atoms with Crippen molar-refractivity contribution in [2.75, 3.05) is 24.1 Å². The Morgan fingerprint density at radius 2 is 1.94 bits per heavy atom. The van der Waals surface area contributed by atoms with Crippen molar-refractivity contribution in [3.05, 3.63) is 30.3 Å². The number of para-hydroxylation sites is 1. The Hall–Kier alpha value is -1.11. The third kappa shape index (κ3) is 4.61. The maximum atomic E-state index is 11.6. The van der Waals surface area contributed by atoms with Crippen LogP contribution in [0.25, 0.3) is 0 Å². The van der Waals surface area contributed by atoms with Gasteiger partial charge in [-0.05, 0) is 19.2 Å². The highest BCUT2D eigenvalue weighted by Crippen LogP contribution is 2.08. The molecular formula is C10H16N2O3S. The number of aliphatic hydroxyl groups is 1. The van der Waals surface area contributed by atoms with E-state index >= 15 is 0 Å². The molecule has 0 saturated heterocycles. The van der Waals surface area contributed by atoms with Gasteiger partial charge in [0.15, 0.2) is 0 Å². The minimum atomic E-state index is -3.50. The van der Waals surface area contributed by atoms with Crippen molar-refractivity contribution < 1.29 is 13.5 Å². The van der Waals surface area contributed by atoms with Gasteiger partial charge in [0, 0.05) is 12.2 Å². The molecule has 1 aromatic rings. The Balaban J connectivity index is 2.59. The summed E-state index contributed by atoms with van der Waals surface area (Å²) in [6.07, 6.45) is -0.911. The third-order valence-corrected chi connectivity index (χ3v) is 3.27. The lowest BCUT2D eigenvalue weighted by atomic mass is 10.3. The summed E-state index contributed by atoms with van der Waals surface area (Å²) in [4.78, 5) is 0. The van der Waals surface area contributed by atoms with Crippen molar-refractivity contribution in [2.24, 2.45) is 0 Å².